The van der Waals surface area contributed by atoms with Gasteiger partial charge in [0.25, 0.3) is 0 Å². The van der Waals surface area contributed by atoms with Gasteiger partial charge in [0.1, 0.15) is 35.3 Å². The molecular formula is C30H30F3N7O2S. The number of ether oxygens (including phenoxy) is 1. The summed E-state index contributed by atoms with van der Waals surface area (Å²) in [5, 5.41) is 17.9. The summed E-state index contributed by atoms with van der Waals surface area (Å²) in [6, 6.07) is 12.4. The average Bonchev–Trinajstić information content (AvgIpc) is 3.27. The van der Waals surface area contributed by atoms with Crippen molar-refractivity contribution in [2.24, 2.45) is 5.92 Å². The van der Waals surface area contributed by atoms with E-state index >= 15 is 0 Å². The van der Waals surface area contributed by atoms with Crippen molar-refractivity contribution in [2.45, 2.75) is 56.6 Å². The molecule has 5 heterocycles. The molecule has 2 atom stereocenters. The molecule has 3 aromatic heterocycles. The number of hydrogen-bond acceptors (Lipinski definition) is 8. The van der Waals surface area contributed by atoms with E-state index in [1.165, 1.54) is 11.9 Å². The Bertz CT molecular complexity index is 1730. The number of nitriles is 1. The van der Waals surface area contributed by atoms with Crippen LogP contribution >= 0.6 is 11.3 Å². The van der Waals surface area contributed by atoms with Crippen LogP contribution in [0.15, 0.2) is 36.7 Å². The number of halogens is 3. The first-order chi connectivity index (χ1) is 20.7. The van der Waals surface area contributed by atoms with E-state index in [4.69, 9.17) is 4.74 Å². The van der Waals surface area contributed by atoms with Crippen LogP contribution < -0.4 is 10.6 Å². The van der Waals surface area contributed by atoms with Crippen molar-refractivity contribution in [2.75, 3.05) is 31.6 Å². The fourth-order valence-electron chi connectivity index (χ4n) is 6.46. The van der Waals surface area contributed by atoms with Crippen LogP contribution in [0, 0.1) is 17.2 Å². The van der Waals surface area contributed by atoms with Gasteiger partial charge < -0.3 is 19.9 Å². The number of carbonyl (C=O) groups is 1. The van der Waals surface area contributed by atoms with Gasteiger partial charge in [0.2, 0.25) is 5.91 Å². The Morgan fingerprint density at radius 2 is 2.05 bits per heavy atom. The quantitative estimate of drug-likeness (QED) is 0.315. The minimum absolute atomic E-state index is 0.0830. The summed E-state index contributed by atoms with van der Waals surface area (Å²) in [5.74, 6) is 0.763. The molecule has 0 bridgehead atoms. The van der Waals surface area contributed by atoms with Crippen LogP contribution in [0.5, 0.6) is 0 Å². The highest BCUT2D eigenvalue weighted by Gasteiger charge is 2.57. The number of morpholine rings is 1. The summed E-state index contributed by atoms with van der Waals surface area (Å²) < 4.78 is 46.6. The lowest BCUT2D eigenvalue weighted by atomic mass is 10.0. The molecule has 7 rings (SSSR count). The van der Waals surface area contributed by atoms with Crippen LogP contribution in [-0.2, 0) is 29.0 Å². The minimum atomic E-state index is -4.26. The molecule has 2 aliphatic heterocycles. The van der Waals surface area contributed by atoms with Gasteiger partial charge in [-0.15, -0.1) is 11.3 Å². The number of nitrogens with zero attached hydrogens (tertiary/aromatic N) is 5. The zero-order valence-electron chi connectivity index (χ0n) is 23.3. The first-order valence-electron chi connectivity index (χ1n) is 14.4. The van der Waals surface area contributed by atoms with Gasteiger partial charge in [-0.05, 0) is 49.1 Å². The maximum absolute atomic E-state index is 12.9. The largest absolute Gasteiger partial charge is 0.393 e. The smallest absolute Gasteiger partial charge is 0.367 e. The number of piperidine rings is 1. The predicted octanol–water partition coefficient (Wildman–Crippen LogP) is 4.60. The van der Waals surface area contributed by atoms with Crippen LogP contribution in [0.3, 0.4) is 0 Å². The van der Waals surface area contributed by atoms with Gasteiger partial charge in [-0.3, -0.25) is 9.69 Å². The van der Waals surface area contributed by atoms with Crippen LogP contribution in [-0.4, -0.2) is 69.4 Å². The van der Waals surface area contributed by atoms with Crippen molar-refractivity contribution in [1.29, 1.82) is 5.26 Å². The zero-order valence-corrected chi connectivity index (χ0v) is 24.1. The van der Waals surface area contributed by atoms with Gasteiger partial charge in [0, 0.05) is 60.5 Å². The van der Waals surface area contributed by atoms with Crippen LogP contribution in [0.2, 0.25) is 0 Å². The first-order valence-corrected chi connectivity index (χ1v) is 15.2. The van der Waals surface area contributed by atoms with E-state index in [0.29, 0.717) is 34.8 Å². The summed E-state index contributed by atoms with van der Waals surface area (Å²) in [5.41, 5.74) is 2.51. The molecule has 2 saturated heterocycles. The second-order valence-electron chi connectivity index (χ2n) is 11.8. The molecule has 1 unspecified atom stereocenters. The Morgan fingerprint density at radius 3 is 2.79 bits per heavy atom. The van der Waals surface area contributed by atoms with E-state index in [2.05, 4.69) is 54.3 Å². The number of carbonyl (C=O) groups excluding carboxylic acids is 1. The summed E-state index contributed by atoms with van der Waals surface area (Å²) in [6.07, 6.45) is -1.18. The number of hydrogen-bond donors (Lipinski definition) is 2. The number of amides is 1. The Balaban J connectivity index is 0.972. The van der Waals surface area contributed by atoms with Crippen molar-refractivity contribution < 1.29 is 22.7 Å². The third-order valence-electron chi connectivity index (χ3n) is 8.82. The number of anilines is 1. The maximum atomic E-state index is 12.9. The van der Waals surface area contributed by atoms with Crippen LogP contribution in [0.4, 0.5) is 19.0 Å². The third kappa shape index (κ3) is 5.79. The molecule has 1 aliphatic carbocycles. The highest BCUT2D eigenvalue weighted by molar-refractivity contribution is 7.18. The minimum Gasteiger partial charge on any atom is -0.367 e. The molecule has 9 nitrogen and oxygen atoms in total. The normalized spacial score (nSPS) is 23.1. The lowest BCUT2D eigenvalue weighted by molar-refractivity contribution is -0.135. The molecule has 43 heavy (non-hydrogen) atoms. The predicted molar refractivity (Wildman–Crippen MR) is 156 cm³/mol. The maximum Gasteiger partial charge on any atom is 0.393 e. The molecule has 3 fully saturated rings. The number of likely N-dealkylation sites (tertiary alicyclic amines) is 1. The SMILES string of the molecule is N#Cc1cc2cc(CN3CCC(Nc4ncnc5sc(CC(F)(F)F)cc45)CC3)ccc2n1C[C@@H]1CC12CNC(=O)CO2. The number of benzene rings is 1. The topological polar surface area (TPSA) is 108 Å². The van der Waals surface area contributed by atoms with Gasteiger partial charge in [0.05, 0.1) is 17.4 Å². The van der Waals surface area contributed by atoms with Gasteiger partial charge in [-0.2, -0.15) is 18.4 Å². The molecule has 0 radical (unpaired) electrons. The molecule has 3 aliphatic rings. The fraction of sp³-hybridized carbons (Fsp3) is 0.467. The van der Waals surface area contributed by atoms with Gasteiger partial charge in [-0.25, -0.2) is 9.97 Å². The Morgan fingerprint density at radius 1 is 1.21 bits per heavy atom. The fourth-order valence-corrected chi connectivity index (χ4v) is 7.49. The average molecular weight is 610 g/mol. The summed E-state index contributed by atoms with van der Waals surface area (Å²) in [6.45, 7) is 3.83. The van der Waals surface area contributed by atoms with Crippen molar-refractivity contribution in [1.82, 2.24) is 24.8 Å². The number of alkyl halides is 3. The summed E-state index contributed by atoms with van der Waals surface area (Å²) in [4.78, 5) is 23.2. The van der Waals surface area contributed by atoms with Crippen molar-refractivity contribution in [3.8, 4) is 6.07 Å². The lowest BCUT2D eigenvalue weighted by Crippen LogP contribution is -2.45. The second-order valence-corrected chi connectivity index (χ2v) is 12.9. The van der Waals surface area contributed by atoms with Gasteiger partial charge in [-0.1, -0.05) is 6.07 Å². The lowest BCUT2D eigenvalue weighted by Gasteiger charge is -2.32. The Labute approximate surface area is 249 Å². The van der Waals surface area contributed by atoms with Gasteiger partial charge in [0.15, 0.2) is 0 Å². The van der Waals surface area contributed by atoms with E-state index < -0.39 is 12.6 Å². The van der Waals surface area contributed by atoms with E-state index in [0.717, 1.165) is 61.1 Å². The Kier molecular flexibility index (Phi) is 7.03. The molecule has 4 aromatic rings. The molecule has 13 heteroatoms. The number of thiophene rings is 1. The molecule has 1 saturated carbocycles. The number of nitrogens with one attached hydrogen (secondary N) is 2. The van der Waals surface area contributed by atoms with Crippen molar-refractivity contribution >= 4 is 44.2 Å². The van der Waals surface area contributed by atoms with Crippen LogP contribution in [0.1, 0.15) is 35.4 Å². The van der Waals surface area contributed by atoms with E-state index in [9.17, 15) is 23.2 Å². The van der Waals surface area contributed by atoms with Crippen molar-refractivity contribution in [3.63, 3.8) is 0 Å². The van der Waals surface area contributed by atoms with Gasteiger partial charge >= 0.3 is 6.18 Å². The summed E-state index contributed by atoms with van der Waals surface area (Å²) in [7, 11) is 0. The third-order valence-corrected chi connectivity index (χ3v) is 9.87. The van der Waals surface area contributed by atoms with Crippen molar-refractivity contribution in [3.05, 3.63) is 52.8 Å². The van der Waals surface area contributed by atoms with E-state index in [-0.39, 0.29) is 35.0 Å². The molecule has 1 amide bonds. The molecule has 2 N–H and O–H groups in total. The second kappa shape index (κ2) is 10.8. The standard InChI is InChI=1S/C30H30F3N7O2S/c31-30(32,33)11-23-9-24-27(36-17-37-28(24)43-23)38-21-3-5-39(6-4-21)13-18-1-2-25-19(7-18)8-22(12-34)40(25)14-20-10-29(20)16-35-26(41)15-42-29/h1-2,7-9,17,20-21H,3-6,10-11,13-16H2,(H,35,41)(H,36,37,38)/t20-,29?/m0/s1. The number of rotatable bonds is 7. The number of aromatic nitrogens is 3. The molecule has 1 spiro atoms. The Hall–Kier alpha value is -3.73. The van der Waals surface area contributed by atoms with E-state index in [1.54, 1.807) is 6.07 Å². The zero-order chi connectivity index (χ0) is 29.8. The monoisotopic (exact) mass is 609 g/mol. The summed E-state index contributed by atoms with van der Waals surface area (Å²) >= 11 is 1.06. The molecular weight excluding hydrogens is 579 g/mol. The van der Waals surface area contributed by atoms with Crippen LogP contribution in [0.25, 0.3) is 21.1 Å². The van der Waals surface area contributed by atoms with E-state index in [1.807, 2.05) is 6.07 Å². The molecule has 224 valence electrons. The highest BCUT2D eigenvalue weighted by Crippen LogP contribution is 2.49. The number of fused-ring (bicyclic) bond motifs is 2. The molecule has 1 aromatic carbocycles. The highest BCUT2D eigenvalue weighted by atomic mass is 32.1. The first kappa shape index (κ1) is 28.1.